The highest BCUT2D eigenvalue weighted by Crippen LogP contribution is 2.28. The fraction of sp³-hybridized carbons (Fsp3) is 0.375. The number of phenolic OH excluding ortho intramolecular Hbond substituents is 1. The number of aliphatic hydroxyl groups excluding tert-OH is 1. The summed E-state index contributed by atoms with van der Waals surface area (Å²) >= 11 is 0. The van der Waals surface area contributed by atoms with E-state index in [-0.39, 0.29) is 12.4 Å². The average molecular weight is 275 g/mol. The van der Waals surface area contributed by atoms with Gasteiger partial charge in [0, 0.05) is 18.0 Å². The third-order valence-corrected chi connectivity index (χ3v) is 3.02. The smallest absolute Gasteiger partial charge is 0.127 e. The Morgan fingerprint density at radius 3 is 2.75 bits per heavy atom. The highest BCUT2D eigenvalue weighted by atomic mass is 16.5. The highest BCUT2D eigenvalue weighted by Gasteiger charge is 2.08. The molecule has 0 saturated heterocycles. The first kappa shape index (κ1) is 14.6. The van der Waals surface area contributed by atoms with Crippen LogP contribution in [0.3, 0.4) is 0 Å². The number of rotatable bonds is 6. The highest BCUT2D eigenvalue weighted by molar-refractivity contribution is 5.89. The van der Waals surface area contributed by atoms with Crippen LogP contribution in [-0.2, 0) is 0 Å². The molecule has 0 spiro atoms. The maximum absolute atomic E-state index is 9.85. The predicted molar refractivity (Wildman–Crippen MR) is 80.3 cm³/mol. The Kier molecular flexibility index (Phi) is 4.82. The van der Waals surface area contributed by atoms with Gasteiger partial charge in [0.05, 0.1) is 0 Å². The molecule has 1 atom stereocenters. The summed E-state index contributed by atoms with van der Waals surface area (Å²) < 4.78 is 5.67. The molecule has 3 N–H and O–H groups in total. The molecule has 1 unspecified atom stereocenters. The second-order valence-electron chi connectivity index (χ2n) is 5.19. The maximum atomic E-state index is 9.85. The molecule has 4 heteroatoms. The molecule has 108 valence electrons. The standard InChI is InChI=1S/C16H21NO3/c1-11(2)17-9-14(19)10-20-16-5-3-4-12-6-7-13(18)8-15(12)16/h3-8,11,14,17-19H,9-10H2,1-2H3. The Bertz CT molecular complexity index is 569. The zero-order chi connectivity index (χ0) is 14.5. The van der Waals surface area contributed by atoms with Gasteiger partial charge in [-0.15, -0.1) is 0 Å². The quantitative estimate of drug-likeness (QED) is 0.757. The third-order valence-electron chi connectivity index (χ3n) is 3.02. The van der Waals surface area contributed by atoms with Crippen LogP contribution in [0.15, 0.2) is 36.4 Å². The van der Waals surface area contributed by atoms with Crippen molar-refractivity contribution >= 4 is 10.8 Å². The molecule has 0 saturated carbocycles. The maximum Gasteiger partial charge on any atom is 0.127 e. The molecular weight excluding hydrogens is 254 g/mol. The lowest BCUT2D eigenvalue weighted by Crippen LogP contribution is -2.35. The van der Waals surface area contributed by atoms with Crippen molar-refractivity contribution < 1.29 is 14.9 Å². The minimum Gasteiger partial charge on any atom is -0.508 e. The minimum absolute atomic E-state index is 0.204. The van der Waals surface area contributed by atoms with Crippen molar-refractivity contribution in [3.63, 3.8) is 0 Å². The van der Waals surface area contributed by atoms with Crippen molar-refractivity contribution in [2.75, 3.05) is 13.2 Å². The van der Waals surface area contributed by atoms with E-state index in [1.54, 1.807) is 12.1 Å². The molecule has 0 aromatic heterocycles. The van der Waals surface area contributed by atoms with Gasteiger partial charge in [0.25, 0.3) is 0 Å². The van der Waals surface area contributed by atoms with Crippen LogP contribution in [0.2, 0.25) is 0 Å². The fourth-order valence-electron chi connectivity index (χ4n) is 1.97. The number of hydrogen-bond donors (Lipinski definition) is 3. The van der Waals surface area contributed by atoms with Crippen LogP contribution in [-0.4, -0.2) is 35.5 Å². The molecule has 0 radical (unpaired) electrons. The molecular formula is C16H21NO3. The minimum atomic E-state index is -0.565. The van der Waals surface area contributed by atoms with E-state index in [0.29, 0.717) is 18.3 Å². The predicted octanol–water partition coefficient (Wildman–Crippen LogP) is 2.28. The van der Waals surface area contributed by atoms with Crippen molar-refractivity contribution in [3.8, 4) is 11.5 Å². The van der Waals surface area contributed by atoms with Crippen molar-refractivity contribution in [2.24, 2.45) is 0 Å². The van der Waals surface area contributed by atoms with Gasteiger partial charge in [-0.05, 0) is 23.6 Å². The van der Waals surface area contributed by atoms with Crippen molar-refractivity contribution in [2.45, 2.75) is 26.0 Å². The van der Waals surface area contributed by atoms with Crippen LogP contribution in [0.25, 0.3) is 10.8 Å². The molecule has 0 fully saturated rings. The summed E-state index contributed by atoms with van der Waals surface area (Å²) in [6.45, 7) is 4.77. The number of phenols is 1. The zero-order valence-electron chi connectivity index (χ0n) is 11.8. The zero-order valence-corrected chi connectivity index (χ0v) is 11.8. The molecule has 2 aromatic rings. The molecule has 0 aliphatic heterocycles. The van der Waals surface area contributed by atoms with Crippen LogP contribution in [0.5, 0.6) is 11.5 Å². The lowest BCUT2D eigenvalue weighted by atomic mass is 10.1. The van der Waals surface area contributed by atoms with E-state index >= 15 is 0 Å². The fourth-order valence-corrected chi connectivity index (χ4v) is 1.97. The third kappa shape index (κ3) is 3.85. The Hall–Kier alpha value is -1.78. The van der Waals surface area contributed by atoms with Gasteiger partial charge in [0.15, 0.2) is 0 Å². The van der Waals surface area contributed by atoms with Crippen LogP contribution in [0.1, 0.15) is 13.8 Å². The number of aliphatic hydroxyl groups is 1. The first-order chi connectivity index (χ1) is 9.56. The second-order valence-corrected chi connectivity index (χ2v) is 5.19. The van der Waals surface area contributed by atoms with Gasteiger partial charge < -0.3 is 20.3 Å². The molecule has 4 nitrogen and oxygen atoms in total. The number of ether oxygens (including phenoxy) is 1. The number of hydrogen-bond acceptors (Lipinski definition) is 4. The summed E-state index contributed by atoms with van der Waals surface area (Å²) in [6, 6.07) is 11.2. The molecule has 0 bridgehead atoms. The van der Waals surface area contributed by atoms with Crippen LogP contribution in [0.4, 0.5) is 0 Å². The topological polar surface area (TPSA) is 61.7 Å². The summed E-state index contributed by atoms with van der Waals surface area (Å²) in [5.41, 5.74) is 0. The summed E-state index contributed by atoms with van der Waals surface area (Å²) in [5.74, 6) is 0.873. The molecule has 20 heavy (non-hydrogen) atoms. The summed E-state index contributed by atoms with van der Waals surface area (Å²) in [4.78, 5) is 0. The Balaban J connectivity index is 2.04. The molecule has 0 aliphatic carbocycles. The van der Waals surface area contributed by atoms with Gasteiger partial charge >= 0.3 is 0 Å². The molecule has 0 amide bonds. The van der Waals surface area contributed by atoms with Gasteiger partial charge in [0.2, 0.25) is 0 Å². The van der Waals surface area contributed by atoms with Crippen molar-refractivity contribution in [1.82, 2.24) is 5.32 Å². The monoisotopic (exact) mass is 275 g/mol. The van der Waals surface area contributed by atoms with Crippen LogP contribution in [0, 0.1) is 0 Å². The first-order valence-corrected chi connectivity index (χ1v) is 6.82. The van der Waals surface area contributed by atoms with E-state index in [4.69, 9.17) is 4.74 Å². The Labute approximate surface area is 119 Å². The summed E-state index contributed by atoms with van der Waals surface area (Å²) in [5, 5.41) is 24.4. The molecule has 2 aromatic carbocycles. The average Bonchev–Trinajstić information content (AvgIpc) is 2.42. The van der Waals surface area contributed by atoms with E-state index in [1.807, 2.05) is 38.1 Å². The SMILES string of the molecule is CC(C)NCC(O)COc1cccc2ccc(O)cc12. The van der Waals surface area contributed by atoms with Crippen molar-refractivity contribution in [3.05, 3.63) is 36.4 Å². The number of fused-ring (bicyclic) bond motifs is 1. The van der Waals surface area contributed by atoms with E-state index in [1.165, 1.54) is 0 Å². The normalized spacial score (nSPS) is 12.8. The van der Waals surface area contributed by atoms with Crippen molar-refractivity contribution in [1.29, 1.82) is 0 Å². The van der Waals surface area contributed by atoms with Gasteiger partial charge in [-0.1, -0.05) is 32.0 Å². The van der Waals surface area contributed by atoms with Gasteiger partial charge in [-0.25, -0.2) is 0 Å². The first-order valence-electron chi connectivity index (χ1n) is 6.82. The molecule has 0 heterocycles. The summed E-state index contributed by atoms with van der Waals surface area (Å²) in [6.07, 6.45) is -0.565. The van der Waals surface area contributed by atoms with E-state index < -0.39 is 6.10 Å². The van der Waals surface area contributed by atoms with Crippen LogP contribution < -0.4 is 10.1 Å². The van der Waals surface area contributed by atoms with Gasteiger partial charge in [-0.3, -0.25) is 0 Å². The van der Waals surface area contributed by atoms with E-state index in [9.17, 15) is 10.2 Å². The number of benzene rings is 2. The van der Waals surface area contributed by atoms with E-state index in [2.05, 4.69) is 5.32 Å². The molecule has 0 aliphatic rings. The van der Waals surface area contributed by atoms with Gasteiger partial charge in [0.1, 0.15) is 24.2 Å². The Morgan fingerprint density at radius 2 is 2.00 bits per heavy atom. The van der Waals surface area contributed by atoms with E-state index in [0.717, 1.165) is 10.8 Å². The molecule has 2 rings (SSSR count). The number of aromatic hydroxyl groups is 1. The summed E-state index contributed by atoms with van der Waals surface area (Å²) in [7, 11) is 0. The van der Waals surface area contributed by atoms with Gasteiger partial charge in [-0.2, -0.15) is 0 Å². The largest absolute Gasteiger partial charge is 0.508 e. The Morgan fingerprint density at radius 1 is 1.20 bits per heavy atom. The number of nitrogens with one attached hydrogen (secondary N) is 1. The lowest BCUT2D eigenvalue weighted by Gasteiger charge is -2.16. The van der Waals surface area contributed by atoms with Crippen LogP contribution >= 0.6 is 0 Å². The second kappa shape index (κ2) is 6.59. The lowest BCUT2D eigenvalue weighted by molar-refractivity contribution is 0.105.